The maximum Gasteiger partial charge on any atom is 0.214 e. The lowest BCUT2D eigenvalue weighted by Crippen LogP contribution is -2.47. The van der Waals surface area contributed by atoms with E-state index in [1.807, 2.05) is 12.1 Å². The van der Waals surface area contributed by atoms with E-state index in [0.717, 1.165) is 63.9 Å². The maximum absolute atomic E-state index is 12.0. The van der Waals surface area contributed by atoms with E-state index in [4.69, 9.17) is 9.15 Å². The minimum absolute atomic E-state index is 0.00385. The summed E-state index contributed by atoms with van der Waals surface area (Å²) in [4.78, 5) is 2.37. The molecule has 0 amide bonds. The molecule has 1 aromatic heterocycles. The first-order valence-electron chi connectivity index (χ1n) is 8.96. The molecule has 1 saturated carbocycles. The number of ether oxygens (including phenoxy) is 1. The molecule has 1 spiro atoms. The van der Waals surface area contributed by atoms with Gasteiger partial charge in [0.15, 0.2) is 0 Å². The predicted octanol–water partition coefficient (Wildman–Crippen LogP) is 1.87. The van der Waals surface area contributed by atoms with Gasteiger partial charge in [-0.05, 0) is 50.7 Å². The molecule has 24 heavy (non-hydrogen) atoms. The van der Waals surface area contributed by atoms with Crippen molar-refractivity contribution in [3.63, 3.8) is 0 Å². The first-order valence-corrected chi connectivity index (χ1v) is 10.5. The van der Waals surface area contributed by atoms with Crippen molar-refractivity contribution in [3.8, 4) is 0 Å². The van der Waals surface area contributed by atoms with Crippen LogP contribution in [0.5, 0.6) is 0 Å². The maximum atomic E-state index is 12.0. The number of furan rings is 1. The topological polar surface area (TPSA) is 71.8 Å². The predicted molar refractivity (Wildman–Crippen MR) is 90.0 cm³/mol. The Hall–Kier alpha value is -0.890. The third-order valence-electron chi connectivity index (χ3n) is 5.41. The van der Waals surface area contributed by atoms with Gasteiger partial charge in [0, 0.05) is 19.6 Å². The first kappa shape index (κ1) is 16.6. The van der Waals surface area contributed by atoms with Crippen LogP contribution in [0.15, 0.2) is 22.8 Å². The van der Waals surface area contributed by atoms with Crippen molar-refractivity contribution in [1.82, 2.24) is 9.62 Å². The van der Waals surface area contributed by atoms with Gasteiger partial charge in [-0.1, -0.05) is 0 Å². The van der Waals surface area contributed by atoms with E-state index < -0.39 is 10.0 Å². The summed E-state index contributed by atoms with van der Waals surface area (Å²) in [7, 11) is -3.12. The SMILES string of the molecule is O=S(=O)(NC[C@H]1CCC[C@]2(CCN(Cc3ccco3)C2)O1)C1CC1. The lowest BCUT2D eigenvalue weighted by molar-refractivity contribution is -0.118. The Kier molecular flexibility index (Phi) is 4.45. The average molecular weight is 354 g/mol. The highest BCUT2D eigenvalue weighted by molar-refractivity contribution is 7.90. The van der Waals surface area contributed by atoms with Crippen LogP contribution in [0.25, 0.3) is 0 Å². The van der Waals surface area contributed by atoms with E-state index >= 15 is 0 Å². The molecule has 0 radical (unpaired) electrons. The zero-order valence-electron chi connectivity index (χ0n) is 13.9. The summed E-state index contributed by atoms with van der Waals surface area (Å²) in [5.74, 6) is 0.983. The van der Waals surface area contributed by atoms with Gasteiger partial charge < -0.3 is 9.15 Å². The van der Waals surface area contributed by atoms with Crippen molar-refractivity contribution < 1.29 is 17.6 Å². The Morgan fingerprint density at radius 3 is 2.92 bits per heavy atom. The molecule has 0 bridgehead atoms. The average Bonchev–Trinajstić information content (AvgIpc) is 3.20. The standard InChI is InChI=1S/C17H26N2O4S/c20-24(21,16-5-6-16)18-11-14-3-1-7-17(23-14)8-9-19(13-17)12-15-4-2-10-22-15/h2,4,10,14,16,18H,1,3,5-9,11-13H2/t14-,17-/m1/s1. The molecule has 1 aromatic rings. The summed E-state index contributed by atoms with van der Waals surface area (Å²) in [6.07, 6.45) is 7.42. The summed E-state index contributed by atoms with van der Waals surface area (Å²) >= 11 is 0. The molecule has 3 heterocycles. The van der Waals surface area contributed by atoms with E-state index in [1.54, 1.807) is 6.26 Å². The molecule has 134 valence electrons. The van der Waals surface area contributed by atoms with Gasteiger partial charge in [0.1, 0.15) is 5.76 Å². The molecular formula is C17H26N2O4S. The second-order valence-corrected chi connectivity index (χ2v) is 9.49. The highest BCUT2D eigenvalue weighted by atomic mass is 32.2. The minimum atomic E-state index is -3.12. The van der Waals surface area contributed by atoms with Crippen molar-refractivity contribution in [2.75, 3.05) is 19.6 Å². The molecule has 3 aliphatic rings. The molecule has 2 saturated heterocycles. The Balaban J connectivity index is 1.31. The summed E-state index contributed by atoms with van der Waals surface area (Å²) in [5.41, 5.74) is -0.111. The number of likely N-dealkylation sites (tertiary alicyclic amines) is 1. The number of hydrogen-bond donors (Lipinski definition) is 1. The van der Waals surface area contributed by atoms with Gasteiger partial charge in [0.25, 0.3) is 0 Å². The molecule has 2 aliphatic heterocycles. The van der Waals surface area contributed by atoms with Crippen LogP contribution in [0.3, 0.4) is 0 Å². The minimum Gasteiger partial charge on any atom is -0.468 e. The molecule has 0 aromatic carbocycles. The third-order valence-corrected chi connectivity index (χ3v) is 7.32. The van der Waals surface area contributed by atoms with Crippen LogP contribution in [-0.4, -0.2) is 49.9 Å². The Bertz CT molecular complexity index is 656. The van der Waals surface area contributed by atoms with E-state index in [1.165, 1.54) is 0 Å². The Morgan fingerprint density at radius 1 is 1.29 bits per heavy atom. The second kappa shape index (κ2) is 6.44. The number of rotatable bonds is 6. The number of sulfonamides is 1. The molecule has 6 nitrogen and oxygen atoms in total. The summed E-state index contributed by atoms with van der Waals surface area (Å²) in [6, 6.07) is 3.92. The Morgan fingerprint density at radius 2 is 2.17 bits per heavy atom. The largest absolute Gasteiger partial charge is 0.468 e. The monoisotopic (exact) mass is 354 g/mol. The highest BCUT2D eigenvalue weighted by Crippen LogP contribution is 2.37. The zero-order valence-corrected chi connectivity index (χ0v) is 14.8. The van der Waals surface area contributed by atoms with Crippen LogP contribution in [-0.2, 0) is 21.3 Å². The smallest absolute Gasteiger partial charge is 0.214 e. The quantitative estimate of drug-likeness (QED) is 0.844. The van der Waals surface area contributed by atoms with Crippen molar-refractivity contribution in [2.45, 2.75) is 62.0 Å². The summed E-state index contributed by atoms with van der Waals surface area (Å²) < 4.78 is 38.6. The molecule has 2 atom stereocenters. The van der Waals surface area contributed by atoms with Gasteiger partial charge >= 0.3 is 0 Å². The molecule has 4 rings (SSSR count). The second-order valence-electron chi connectivity index (χ2n) is 7.45. The van der Waals surface area contributed by atoms with Crippen LogP contribution >= 0.6 is 0 Å². The van der Waals surface area contributed by atoms with Gasteiger partial charge in [-0.25, -0.2) is 13.1 Å². The van der Waals surface area contributed by atoms with E-state index in [-0.39, 0.29) is 17.0 Å². The first-order chi connectivity index (χ1) is 11.5. The summed E-state index contributed by atoms with van der Waals surface area (Å²) in [5, 5.41) is -0.162. The van der Waals surface area contributed by atoms with Crippen molar-refractivity contribution >= 4 is 10.0 Å². The van der Waals surface area contributed by atoms with Gasteiger partial charge in [0.05, 0.1) is 29.8 Å². The van der Waals surface area contributed by atoms with Gasteiger partial charge in [-0.2, -0.15) is 0 Å². The third kappa shape index (κ3) is 3.69. The summed E-state index contributed by atoms with van der Waals surface area (Å²) in [6.45, 7) is 3.14. The van der Waals surface area contributed by atoms with Gasteiger partial charge in [-0.3, -0.25) is 4.90 Å². The highest BCUT2D eigenvalue weighted by Gasteiger charge is 2.43. The number of hydrogen-bond acceptors (Lipinski definition) is 5. The molecule has 3 fully saturated rings. The number of nitrogens with one attached hydrogen (secondary N) is 1. The van der Waals surface area contributed by atoms with Crippen LogP contribution in [0.2, 0.25) is 0 Å². The number of nitrogens with zero attached hydrogens (tertiary/aromatic N) is 1. The lowest BCUT2D eigenvalue weighted by atomic mass is 9.90. The van der Waals surface area contributed by atoms with Crippen LogP contribution in [0.1, 0.15) is 44.3 Å². The van der Waals surface area contributed by atoms with Gasteiger partial charge in [0.2, 0.25) is 10.0 Å². The van der Waals surface area contributed by atoms with Crippen molar-refractivity contribution in [2.24, 2.45) is 0 Å². The van der Waals surface area contributed by atoms with Crippen molar-refractivity contribution in [1.29, 1.82) is 0 Å². The fraction of sp³-hybridized carbons (Fsp3) is 0.765. The zero-order chi connectivity index (χ0) is 16.6. The van der Waals surface area contributed by atoms with Gasteiger partial charge in [-0.15, -0.1) is 0 Å². The molecule has 1 aliphatic carbocycles. The molecule has 7 heteroatoms. The fourth-order valence-corrected chi connectivity index (χ4v) is 5.37. The van der Waals surface area contributed by atoms with Crippen molar-refractivity contribution in [3.05, 3.63) is 24.2 Å². The molecular weight excluding hydrogens is 328 g/mol. The fourth-order valence-electron chi connectivity index (χ4n) is 3.96. The van der Waals surface area contributed by atoms with E-state index in [0.29, 0.717) is 6.54 Å². The van der Waals surface area contributed by atoms with Crippen LogP contribution < -0.4 is 4.72 Å². The van der Waals surface area contributed by atoms with Crippen LogP contribution in [0, 0.1) is 0 Å². The lowest BCUT2D eigenvalue weighted by Gasteiger charge is -2.38. The van der Waals surface area contributed by atoms with Crippen LogP contribution in [0.4, 0.5) is 0 Å². The molecule has 1 N–H and O–H groups in total. The normalized spacial score (nSPS) is 31.8. The Labute approximate surface area is 143 Å². The molecule has 0 unspecified atom stereocenters. The van der Waals surface area contributed by atoms with E-state index in [2.05, 4.69) is 9.62 Å². The van der Waals surface area contributed by atoms with E-state index in [9.17, 15) is 8.42 Å².